The Morgan fingerprint density at radius 1 is 1.00 bits per heavy atom. The van der Waals surface area contributed by atoms with Gasteiger partial charge in [-0.3, -0.25) is 4.79 Å². The Balaban J connectivity index is 2.09. The second-order valence-electron chi connectivity index (χ2n) is 5.20. The Hall–Kier alpha value is -1.56. The summed E-state index contributed by atoms with van der Waals surface area (Å²) < 4.78 is 0.981. The molecule has 2 rings (SSSR count). The second-order valence-corrected chi connectivity index (χ2v) is 6.36. The molecule has 0 fully saturated rings. The maximum atomic E-state index is 12.5. The summed E-state index contributed by atoms with van der Waals surface area (Å²) in [4.78, 5) is 16.3. The van der Waals surface area contributed by atoms with Crippen LogP contribution >= 0.6 is 22.6 Å². The molecule has 2 aromatic carbocycles. The number of carbonyl (C=O) groups is 1. The molecule has 4 heteroatoms. The molecule has 3 nitrogen and oxygen atoms in total. The molecule has 0 aliphatic heterocycles. The van der Waals surface area contributed by atoms with Gasteiger partial charge in [0, 0.05) is 36.9 Å². The number of nitrogens with zero attached hydrogens (tertiary/aromatic N) is 2. The molecular weight excluding hydrogens is 375 g/mol. The number of amides is 1. The average Bonchev–Trinajstić information content (AvgIpc) is 2.47. The Morgan fingerprint density at radius 2 is 1.62 bits per heavy atom. The van der Waals surface area contributed by atoms with E-state index in [4.69, 9.17) is 0 Å². The van der Waals surface area contributed by atoms with Gasteiger partial charge in [-0.15, -0.1) is 0 Å². The topological polar surface area (TPSA) is 23.6 Å². The van der Waals surface area contributed by atoms with E-state index >= 15 is 0 Å². The smallest absolute Gasteiger partial charge is 0.254 e. The molecule has 0 unspecified atom stereocenters. The minimum Gasteiger partial charge on any atom is -0.378 e. The third-order valence-corrected chi connectivity index (χ3v) is 4.26. The first-order valence-corrected chi connectivity index (χ1v) is 7.83. The van der Waals surface area contributed by atoms with Crippen LogP contribution in [0.2, 0.25) is 0 Å². The number of halogens is 1. The highest BCUT2D eigenvalue weighted by atomic mass is 127. The molecular formula is C17H19IN2O. The number of benzene rings is 2. The van der Waals surface area contributed by atoms with Gasteiger partial charge in [0.1, 0.15) is 0 Å². The molecule has 0 saturated carbocycles. The van der Waals surface area contributed by atoms with Crippen LogP contribution in [0.1, 0.15) is 15.9 Å². The number of rotatable bonds is 4. The molecule has 0 bridgehead atoms. The molecule has 1 amide bonds. The summed E-state index contributed by atoms with van der Waals surface area (Å²) in [6, 6.07) is 15.9. The minimum atomic E-state index is 0.0525. The summed E-state index contributed by atoms with van der Waals surface area (Å²) in [6.07, 6.45) is 0. The molecule has 0 aromatic heterocycles. The summed E-state index contributed by atoms with van der Waals surface area (Å²) >= 11 is 2.20. The largest absolute Gasteiger partial charge is 0.378 e. The second kappa shape index (κ2) is 6.93. The van der Waals surface area contributed by atoms with Gasteiger partial charge in [-0.25, -0.2) is 0 Å². The quantitative estimate of drug-likeness (QED) is 0.740. The molecule has 21 heavy (non-hydrogen) atoms. The van der Waals surface area contributed by atoms with Crippen LogP contribution in [0.5, 0.6) is 0 Å². The van der Waals surface area contributed by atoms with Crippen LogP contribution in [-0.4, -0.2) is 32.0 Å². The van der Waals surface area contributed by atoms with E-state index in [-0.39, 0.29) is 5.91 Å². The standard InChI is InChI=1S/C17H19IN2O/c1-19(2)14-10-8-13(9-11-14)12-20(3)17(21)15-6-4-5-7-16(15)18/h4-11H,12H2,1-3H3. The summed E-state index contributed by atoms with van der Waals surface area (Å²) in [5, 5.41) is 0. The lowest BCUT2D eigenvalue weighted by Gasteiger charge is -2.19. The van der Waals surface area contributed by atoms with Gasteiger partial charge in [0.05, 0.1) is 5.56 Å². The lowest BCUT2D eigenvalue weighted by Crippen LogP contribution is -2.26. The van der Waals surface area contributed by atoms with E-state index in [2.05, 4.69) is 51.8 Å². The average molecular weight is 394 g/mol. The number of hydrogen-bond acceptors (Lipinski definition) is 2. The van der Waals surface area contributed by atoms with Crippen molar-refractivity contribution in [3.63, 3.8) is 0 Å². The van der Waals surface area contributed by atoms with Crippen molar-refractivity contribution < 1.29 is 4.79 Å². The fraction of sp³-hybridized carbons (Fsp3) is 0.235. The van der Waals surface area contributed by atoms with E-state index in [1.165, 1.54) is 0 Å². The lowest BCUT2D eigenvalue weighted by molar-refractivity contribution is 0.0784. The highest BCUT2D eigenvalue weighted by Crippen LogP contribution is 2.16. The molecule has 0 atom stereocenters. The molecule has 0 saturated heterocycles. The fourth-order valence-electron chi connectivity index (χ4n) is 2.09. The minimum absolute atomic E-state index is 0.0525. The predicted octanol–water partition coefficient (Wildman–Crippen LogP) is 3.63. The van der Waals surface area contributed by atoms with Crippen molar-refractivity contribution in [3.05, 3.63) is 63.2 Å². The van der Waals surface area contributed by atoms with Crippen molar-refractivity contribution in [2.45, 2.75) is 6.54 Å². The SMILES string of the molecule is CN(Cc1ccc(N(C)C)cc1)C(=O)c1ccccc1I. The predicted molar refractivity (Wildman–Crippen MR) is 95.7 cm³/mol. The first-order valence-electron chi connectivity index (χ1n) is 6.75. The van der Waals surface area contributed by atoms with Crippen LogP contribution in [0.25, 0.3) is 0 Å². The highest BCUT2D eigenvalue weighted by Gasteiger charge is 2.14. The zero-order valence-corrected chi connectivity index (χ0v) is 14.7. The van der Waals surface area contributed by atoms with Crippen LogP contribution in [0.3, 0.4) is 0 Å². The monoisotopic (exact) mass is 394 g/mol. The summed E-state index contributed by atoms with van der Waals surface area (Å²) in [5.74, 6) is 0.0525. The summed E-state index contributed by atoms with van der Waals surface area (Å²) in [7, 11) is 5.87. The van der Waals surface area contributed by atoms with Crippen molar-refractivity contribution in [1.29, 1.82) is 0 Å². The Labute approximate surface area is 139 Å². The molecule has 2 aromatic rings. The van der Waals surface area contributed by atoms with Crippen LogP contribution in [0, 0.1) is 3.57 Å². The van der Waals surface area contributed by atoms with Crippen molar-refractivity contribution in [3.8, 4) is 0 Å². The van der Waals surface area contributed by atoms with Gasteiger partial charge in [0.2, 0.25) is 0 Å². The van der Waals surface area contributed by atoms with Gasteiger partial charge >= 0.3 is 0 Å². The molecule has 0 radical (unpaired) electrons. The lowest BCUT2D eigenvalue weighted by atomic mass is 10.1. The Morgan fingerprint density at radius 3 is 2.19 bits per heavy atom. The summed E-state index contributed by atoms with van der Waals surface area (Å²) in [5.41, 5.74) is 3.04. The summed E-state index contributed by atoms with van der Waals surface area (Å²) in [6.45, 7) is 0.609. The van der Waals surface area contributed by atoms with Crippen LogP contribution < -0.4 is 4.90 Å². The van der Waals surface area contributed by atoms with E-state index in [9.17, 15) is 4.79 Å². The van der Waals surface area contributed by atoms with Crippen molar-refractivity contribution in [1.82, 2.24) is 4.90 Å². The van der Waals surface area contributed by atoms with E-state index in [0.29, 0.717) is 6.54 Å². The zero-order valence-electron chi connectivity index (χ0n) is 12.5. The Kier molecular flexibility index (Phi) is 5.22. The maximum Gasteiger partial charge on any atom is 0.254 e. The van der Waals surface area contributed by atoms with Gasteiger partial charge in [-0.1, -0.05) is 24.3 Å². The third-order valence-electron chi connectivity index (χ3n) is 3.32. The fourth-order valence-corrected chi connectivity index (χ4v) is 2.70. The number of hydrogen-bond donors (Lipinski definition) is 0. The van der Waals surface area contributed by atoms with Gasteiger partial charge in [0.25, 0.3) is 5.91 Å². The number of anilines is 1. The zero-order chi connectivity index (χ0) is 15.4. The molecule has 0 heterocycles. The first kappa shape index (κ1) is 15.8. The molecule has 0 aliphatic rings. The van der Waals surface area contributed by atoms with E-state index in [1.807, 2.05) is 45.4 Å². The normalized spacial score (nSPS) is 10.3. The molecule has 0 aliphatic carbocycles. The maximum absolute atomic E-state index is 12.5. The van der Waals surface area contributed by atoms with E-state index < -0.39 is 0 Å². The molecule has 0 N–H and O–H groups in total. The van der Waals surface area contributed by atoms with Gasteiger partial charge < -0.3 is 9.80 Å². The third kappa shape index (κ3) is 3.97. The van der Waals surface area contributed by atoms with Crippen LogP contribution in [-0.2, 0) is 6.54 Å². The van der Waals surface area contributed by atoms with E-state index in [0.717, 1.165) is 20.4 Å². The van der Waals surface area contributed by atoms with Gasteiger partial charge in [-0.2, -0.15) is 0 Å². The van der Waals surface area contributed by atoms with Crippen LogP contribution in [0.4, 0.5) is 5.69 Å². The molecule has 0 spiro atoms. The molecule has 110 valence electrons. The van der Waals surface area contributed by atoms with Crippen molar-refractivity contribution >= 4 is 34.2 Å². The number of carbonyl (C=O) groups excluding carboxylic acids is 1. The first-order chi connectivity index (χ1) is 9.99. The van der Waals surface area contributed by atoms with E-state index in [1.54, 1.807) is 4.90 Å². The van der Waals surface area contributed by atoms with Crippen molar-refractivity contribution in [2.24, 2.45) is 0 Å². The van der Waals surface area contributed by atoms with Gasteiger partial charge in [-0.05, 0) is 52.4 Å². The van der Waals surface area contributed by atoms with Crippen molar-refractivity contribution in [2.75, 3.05) is 26.0 Å². The highest BCUT2D eigenvalue weighted by molar-refractivity contribution is 14.1. The van der Waals surface area contributed by atoms with Gasteiger partial charge in [0.15, 0.2) is 0 Å². The van der Waals surface area contributed by atoms with Crippen LogP contribution in [0.15, 0.2) is 48.5 Å². The Bertz CT molecular complexity index is 623.